The van der Waals surface area contributed by atoms with Gasteiger partial charge in [-0.2, -0.15) is 0 Å². The van der Waals surface area contributed by atoms with Gasteiger partial charge in [0.1, 0.15) is 15.3 Å². The van der Waals surface area contributed by atoms with E-state index in [1.54, 1.807) is 0 Å². The van der Waals surface area contributed by atoms with Gasteiger partial charge in [0.2, 0.25) is 0 Å². The van der Waals surface area contributed by atoms with Crippen molar-refractivity contribution in [3.05, 3.63) is 115 Å². The Kier molecular flexibility index (Phi) is 5.40. The molecule has 0 saturated heterocycles. The minimum Gasteiger partial charge on any atom is -0.494 e. The Balaban J connectivity index is 1.92. The molecule has 3 nitrogen and oxygen atoms in total. The van der Waals surface area contributed by atoms with Crippen LogP contribution in [-0.4, -0.2) is 25.7 Å². The molecule has 0 aliphatic carbocycles. The van der Waals surface area contributed by atoms with E-state index in [-0.39, 0.29) is 5.16 Å². The summed E-state index contributed by atoms with van der Waals surface area (Å²) in [6.07, 6.45) is 5.82. The third-order valence-electron chi connectivity index (χ3n) is 4.75. The zero-order valence-electron chi connectivity index (χ0n) is 15.8. The molecule has 0 aliphatic heterocycles. The lowest BCUT2D eigenvalue weighted by atomic mass is 9.97. The van der Waals surface area contributed by atoms with Crippen molar-refractivity contribution < 1.29 is 4.74 Å². The second-order valence-electron chi connectivity index (χ2n) is 6.50. The van der Waals surface area contributed by atoms with Crippen LogP contribution >= 0.6 is 0 Å². The van der Waals surface area contributed by atoms with E-state index in [0.717, 1.165) is 5.75 Å². The van der Waals surface area contributed by atoms with Gasteiger partial charge < -0.3 is 9.30 Å². The smallest absolute Gasteiger partial charge is 0.128 e. The monoisotopic (exact) mass is 382 g/mol. The molecule has 0 unspecified atom stereocenters. The number of nitrogens with zero attached hydrogens (tertiary/aromatic N) is 2. The Bertz CT molecular complexity index is 962. The molecule has 0 spiro atoms. The van der Waals surface area contributed by atoms with Gasteiger partial charge >= 0.3 is 0 Å². The van der Waals surface area contributed by atoms with Crippen LogP contribution in [0.1, 0.15) is 18.1 Å². The average Bonchev–Trinajstić information content (AvgIpc) is 3.29. The van der Waals surface area contributed by atoms with Crippen molar-refractivity contribution in [3.63, 3.8) is 0 Å². The highest BCUT2D eigenvalue weighted by Gasteiger charge is 2.37. The zero-order valence-corrected chi connectivity index (χ0v) is 16.8. The highest BCUT2D eigenvalue weighted by Crippen LogP contribution is 2.33. The van der Waals surface area contributed by atoms with Crippen LogP contribution < -0.4 is 9.92 Å². The lowest BCUT2D eigenvalue weighted by Gasteiger charge is -2.36. The molecule has 1 heterocycles. The van der Waals surface area contributed by atoms with Crippen LogP contribution in [0.4, 0.5) is 0 Å². The maximum atomic E-state index is 5.75. The molecular formula is C24H22N2OSi. The van der Waals surface area contributed by atoms with Gasteiger partial charge in [0.15, 0.2) is 0 Å². The van der Waals surface area contributed by atoms with Gasteiger partial charge in [0.25, 0.3) is 0 Å². The van der Waals surface area contributed by atoms with Crippen LogP contribution in [0.15, 0.2) is 104 Å². The Hall–Kier alpha value is -3.11. The maximum absolute atomic E-state index is 5.75. The van der Waals surface area contributed by atoms with Crippen molar-refractivity contribution in [2.75, 3.05) is 6.61 Å². The van der Waals surface area contributed by atoms with Gasteiger partial charge in [-0.15, -0.1) is 0 Å². The van der Waals surface area contributed by atoms with E-state index in [1.807, 2.05) is 25.5 Å². The topological polar surface area (TPSA) is 27.1 Å². The Morgan fingerprint density at radius 3 is 2.14 bits per heavy atom. The van der Waals surface area contributed by atoms with Crippen LogP contribution in [0.3, 0.4) is 0 Å². The molecule has 0 fully saturated rings. The van der Waals surface area contributed by atoms with E-state index in [2.05, 4.69) is 94.6 Å². The number of aromatic nitrogens is 2. The Morgan fingerprint density at radius 2 is 1.57 bits per heavy atom. The molecule has 2 radical (unpaired) electrons. The first-order valence-electron chi connectivity index (χ1n) is 9.43. The van der Waals surface area contributed by atoms with Gasteiger partial charge in [-0.05, 0) is 30.2 Å². The first-order chi connectivity index (χ1) is 13.8. The third kappa shape index (κ3) is 3.51. The van der Waals surface area contributed by atoms with Crippen molar-refractivity contribution >= 4 is 14.7 Å². The molecule has 1 aromatic heterocycles. The van der Waals surface area contributed by atoms with E-state index in [9.17, 15) is 0 Å². The van der Waals surface area contributed by atoms with Gasteiger partial charge in [0.05, 0.1) is 18.1 Å². The summed E-state index contributed by atoms with van der Waals surface area (Å²) in [5, 5.41) is 0.872. The minimum absolute atomic E-state index is 0.371. The highest BCUT2D eigenvalue weighted by atomic mass is 28.2. The molecule has 4 rings (SSSR count). The van der Waals surface area contributed by atoms with Gasteiger partial charge in [-0.1, -0.05) is 78.0 Å². The molecule has 4 aromatic rings. The Labute approximate surface area is 168 Å². The van der Waals surface area contributed by atoms with Crippen LogP contribution in [0.2, 0.25) is 0 Å². The quantitative estimate of drug-likeness (QED) is 0.451. The molecule has 0 aliphatic rings. The summed E-state index contributed by atoms with van der Waals surface area (Å²) in [4.78, 5) is 4.37. The molecule has 4 heteroatoms. The van der Waals surface area contributed by atoms with Crippen molar-refractivity contribution in [3.8, 4) is 5.75 Å². The van der Waals surface area contributed by atoms with E-state index >= 15 is 0 Å². The normalized spacial score (nSPS) is 11.3. The second kappa shape index (κ2) is 8.27. The molecule has 28 heavy (non-hydrogen) atoms. The summed E-state index contributed by atoms with van der Waals surface area (Å²) >= 11 is 0. The Morgan fingerprint density at radius 1 is 0.893 bits per heavy atom. The molecular weight excluding hydrogens is 360 g/mol. The number of ether oxygens (including phenoxy) is 1. The van der Waals surface area contributed by atoms with Gasteiger partial charge in [-0.25, -0.2) is 4.98 Å². The van der Waals surface area contributed by atoms with Gasteiger partial charge in [-0.3, -0.25) is 0 Å². The van der Waals surface area contributed by atoms with Crippen LogP contribution in [0.25, 0.3) is 0 Å². The number of hydrogen-bond donors (Lipinski definition) is 0. The molecule has 0 saturated carbocycles. The van der Waals surface area contributed by atoms with Crippen molar-refractivity contribution in [1.29, 1.82) is 0 Å². The lowest BCUT2D eigenvalue weighted by Crippen LogP contribution is -2.46. The number of rotatable bonds is 7. The molecule has 3 aromatic carbocycles. The third-order valence-corrected chi connectivity index (χ3v) is 6.54. The summed E-state index contributed by atoms with van der Waals surface area (Å²) in [7, 11) is 0.459. The standard InChI is InChI=1S/C24H22N2OSi/c1-2-27-22-14-9-15-23(18-22)28-24(26-17-16-25-19-26,20-10-5-3-6-11-20)21-12-7-4-8-13-21/h3-19H,2H2,1H3. The van der Waals surface area contributed by atoms with E-state index in [4.69, 9.17) is 4.74 Å². The SMILES string of the molecule is CCOc1cccc([Si]C(c2ccccc2)(c2ccccc2)n2ccnc2)c1. The fourth-order valence-corrected chi connectivity index (χ4v) is 5.22. The molecule has 138 valence electrons. The van der Waals surface area contributed by atoms with Crippen molar-refractivity contribution in [2.24, 2.45) is 0 Å². The van der Waals surface area contributed by atoms with Crippen LogP contribution in [0, 0.1) is 0 Å². The van der Waals surface area contributed by atoms with Crippen molar-refractivity contribution in [2.45, 2.75) is 12.1 Å². The number of hydrogen-bond acceptors (Lipinski definition) is 2. The first-order valence-corrected chi connectivity index (χ1v) is 10.4. The minimum atomic E-state index is -0.371. The lowest BCUT2D eigenvalue weighted by molar-refractivity contribution is 0.340. The predicted molar refractivity (Wildman–Crippen MR) is 114 cm³/mol. The largest absolute Gasteiger partial charge is 0.494 e. The van der Waals surface area contributed by atoms with Crippen LogP contribution in [0.5, 0.6) is 5.75 Å². The summed E-state index contributed by atoms with van der Waals surface area (Å²) in [5.41, 5.74) is 2.47. The number of imidazole rings is 1. The maximum Gasteiger partial charge on any atom is 0.128 e. The number of benzene rings is 3. The zero-order chi connectivity index (χ0) is 19.2. The van der Waals surface area contributed by atoms with E-state index in [0.29, 0.717) is 16.1 Å². The summed E-state index contributed by atoms with van der Waals surface area (Å²) in [5.74, 6) is 0.910. The molecule has 0 amide bonds. The van der Waals surface area contributed by atoms with E-state index < -0.39 is 0 Å². The fourth-order valence-electron chi connectivity index (χ4n) is 3.53. The molecule has 0 atom stereocenters. The fraction of sp³-hybridized carbons (Fsp3) is 0.125. The molecule has 0 N–H and O–H groups in total. The van der Waals surface area contributed by atoms with Crippen molar-refractivity contribution in [1.82, 2.24) is 9.55 Å². The summed E-state index contributed by atoms with van der Waals surface area (Å²) in [6.45, 7) is 2.68. The molecule has 0 bridgehead atoms. The average molecular weight is 383 g/mol. The van der Waals surface area contributed by atoms with Crippen LogP contribution in [-0.2, 0) is 5.16 Å². The summed E-state index contributed by atoms with van der Waals surface area (Å²) < 4.78 is 7.97. The first kappa shape index (κ1) is 18.3. The predicted octanol–water partition coefficient (Wildman–Crippen LogP) is 4.06. The van der Waals surface area contributed by atoms with E-state index in [1.165, 1.54) is 16.3 Å². The highest BCUT2D eigenvalue weighted by molar-refractivity contribution is 6.57. The van der Waals surface area contributed by atoms with Gasteiger partial charge in [0, 0.05) is 12.4 Å². The summed E-state index contributed by atoms with van der Waals surface area (Å²) in [6, 6.07) is 29.8. The second-order valence-corrected chi connectivity index (χ2v) is 8.05.